The molecule has 8 atom stereocenters. The normalized spacial score (nSPS) is 47.5. The van der Waals surface area contributed by atoms with E-state index in [0.29, 0.717) is 24.2 Å². The molecule has 5 aliphatic rings. The Labute approximate surface area is 169 Å². The minimum Gasteiger partial charge on any atom is -0.379 e. The van der Waals surface area contributed by atoms with Crippen LogP contribution in [0.25, 0.3) is 0 Å². The van der Waals surface area contributed by atoms with Crippen LogP contribution < -0.4 is 21.5 Å². The summed E-state index contributed by atoms with van der Waals surface area (Å²) in [7, 11) is 0. The average Bonchev–Trinajstić information content (AvgIpc) is 3.20. The lowest BCUT2D eigenvalue weighted by Gasteiger charge is -2.50. The number of hydrazine groups is 1. The predicted octanol–water partition coefficient (Wildman–Crippen LogP) is 0.488. The Bertz CT molecular complexity index is 509. The monoisotopic (exact) mass is 393 g/mol. The highest BCUT2D eigenvalue weighted by Gasteiger charge is 2.51. The summed E-state index contributed by atoms with van der Waals surface area (Å²) >= 11 is 0. The van der Waals surface area contributed by atoms with Gasteiger partial charge in [0, 0.05) is 50.8 Å². The first kappa shape index (κ1) is 19.7. The van der Waals surface area contributed by atoms with Crippen molar-refractivity contribution in [3.8, 4) is 0 Å². The zero-order valence-electron chi connectivity index (χ0n) is 17.4. The number of hydrogen-bond donors (Lipinski definition) is 4. The Hall–Kier alpha value is -0.280. The van der Waals surface area contributed by atoms with Gasteiger partial charge in [-0.2, -0.15) is 0 Å². The number of rotatable bonds is 4. The maximum atomic E-state index is 5.79. The van der Waals surface area contributed by atoms with Crippen molar-refractivity contribution in [1.29, 1.82) is 0 Å². The lowest BCUT2D eigenvalue weighted by atomic mass is 9.64. The van der Waals surface area contributed by atoms with Gasteiger partial charge in [0.25, 0.3) is 0 Å². The van der Waals surface area contributed by atoms with Crippen molar-refractivity contribution in [2.45, 2.75) is 63.5 Å². The van der Waals surface area contributed by atoms with Gasteiger partial charge in [-0.1, -0.05) is 0 Å². The van der Waals surface area contributed by atoms with Crippen molar-refractivity contribution in [2.24, 2.45) is 23.7 Å². The van der Waals surface area contributed by atoms with E-state index in [0.717, 1.165) is 63.8 Å². The predicted molar refractivity (Wildman–Crippen MR) is 108 cm³/mol. The maximum absolute atomic E-state index is 5.79. The van der Waals surface area contributed by atoms with E-state index >= 15 is 0 Å². The van der Waals surface area contributed by atoms with Crippen LogP contribution in [-0.2, 0) is 9.47 Å². The number of fused-ring (bicyclic) bond motifs is 3. The zero-order valence-corrected chi connectivity index (χ0v) is 17.4. The molecule has 4 saturated heterocycles. The van der Waals surface area contributed by atoms with Gasteiger partial charge in [-0.15, -0.1) is 0 Å². The summed E-state index contributed by atoms with van der Waals surface area (Å²) in [4.78, 5) is 2.63. The van der Waals surface area contributed by atoms with Gasteiger partial charge in [-0.25, -0.2) is 5.43 Å². The molecular weight excluding hydrogens is 354 g/mol. The molecule has 0 amide bonds. The number of hydrogen-bond acceptors (Lipinski definition) is 7. The van der Waals surface area contributed by atoms with Crippen LogP contribution in [0.5, 0.6) is 0 Å². The van der Waals surface area contributed by atoms with E-state index in [-0.39, 0.29) is 6.23 Å². The molecule has 5 rings (SSSR count). The standard InChI is InChI=1S/C21H39N5O2/c1-2-28-19-6-4-15(12-23-19)14-3-5-17-16(11-14)20-18(13-22-17)24-25-21(20)26-7-9-27-10-8-26/h14-25H,2-13H2,1H3. The van der Waals surface area contributed by atoms with Gasteiger partial charge in [-0.05, 0) is 56.8 Å². The van der Waals surface area contributed by atoms with Crippen LogP contribution >= 0.6 is 0 Å². The molecule has 4 N–H and O–H groups in total. The van der Waals surface area contributed by atoms with Crippen molar-refractivity contribution >= 4 is 0 Å². The van der Waals surface area contributed by atoms with Gasteiger partial charge in [-0.3, -0.25) is 15.6 Å². The van der Waals surface area contributed by atoms with Crippen LogP contribution in [0.15, 0.2) is 0 Å². The van der Waals surface area contributed by atoms with E-state index in [1.807, 2.05) is 0 Å². The Morgan fingerprint density at radius 3 is 2.57 bits per heavy atom. The molecule has 0 spiro atoms. The highest BCUT2D eigenvalue weighted by atomic mass is 16.5. The molecule has 4 aliphatic heterocycles. The third-order valence-corrected chi connectivity index (χ3v) is 8.16. The van der Waals surface area contributed by atoms with E-state index in [1.54, 1.807) is 0 Å². The highest BCUT2D eigenvalue weighted by molar-refractivity contribution is 5.05. The Morgan fingerprint density at radius 2 is 1.79 bits per heavy atom. The molecule has 0 aromatic carbocycles. The third-order valence-electron chi connectivity index (χ3n) is 8.16. The topological polar surface area (TPSA) is 69.8 Å². The summed E-state index contributed by atoms with van der Waals surface area (Å²) in [5.74, 6) is 3.17. The molecule has 0 aromatic rings. The fourth-order valence-corrected chi connectivity index (χ4v) is 6.74. The molecule has 7 nitrogen and oxygen atoms in total. The third kappa shape index (κ3) is 3.87. The molecule has 0 bridgehead atoms. The first-order chi connectivity index (χ1) is 13.8. The molecule has 28 heavy (non-hydrogen) atoms. The number of morpholine rings is 1. The zero-order chi connectivity index (χ0) is 18.9. The van der Waals surface area contributed by atoms with Crippen LogP contribution in [0.3, 0.4) is 0 Å². The fourth-order valence-electron chi connectivity index (χ4n) is 6.74. The SMILES string of the molecule is CCOC1CCC(C2CCC3NCC4NNC(N5CCOCC5)C4C3C2)CN1. The van der Waals surface area contributed by atoms with Crippen LogP contribution in [-0.4, -0.2) is 75.4 Å². The van der Waals surface area contributed by atoms with E-state index in [2.05, 4.69) is 33.3 Å². The second-order valence-electron chi connectivity index (χ2n) is 9.51. The van der Waals surface area contributed by atoms with Gasteiger partial charge in [0.05, 0.1) is 19.4 Å². The number of piperidine rings is 2. The van der Waals surface area contributed by atoms with Crippen LogP contribution in [0.1, 0.15) is 39.0 Å². The van der Waals surface area contributed by atoms with Crippen LogP contribution in [0.4, 0.5) is 0 Å². The van der Waals surface area contributed by atoms with Gasteiger partial charge in [0.2, 0.25) is 0 Å². The van der Waals surface area contributed by atoms with Crippen molar-refractivity contribution in [1.82, 2.24) is 26.4 Å². The molecule has 1 saturated carbocycles. The second kappa shape index (κ2) is 8.84. The molecule has 0 aromatic heterocycles. The smallest absolute Gasteiger partial charge is 0.108 e. The molecular formula is C21H39N5O2. The Balaban J connectivity index is 1.24. The van der Waals surface area contributed by atoms with Crippen LogP contribution in [0, 0.1) is 23.7 Å². The van der Waals surface area contributed by atoms with E-state index in [1.165, 1.54) is 32.1 Å². The summed E-state index contributed by atoms with van der Waals surface area (Å²) in [5, 5.41) is 7.54. The second-order valence-corrected chi connectivity index (χ2v) is 9.51. The summed E-state index contributed by atoms with van der Waals surface area (Å²) in [6.07, 6.45) is 7.37. The number of ether oxygens (including phenoxy) is 2. The quantitative estimate of drug-likeness (QED) is 0.554. The van der Waals surface area contributed by atoms with Crippen molar-refractivity contribution in [2.75, 3.05) is 46.0 Å². The summed E-state index contributed by atoms with van der Waals surface area (Å²) in [6, 6.07) is 1.26. The molecule has 160 valence electrons. The lowest BCUT2D eigenvalue weighted by molar-refractivity contribution is -0.0293. The first-order valence-corrected chi connectivity index (χ1v) is 11.7. The minimum absolute atomic E-state index is 0.284. The molecule has 4 heterocycles. The Morgan fingerprint density at radius 1 is 0.929 bits per heavy atom. The lowest BCUT2D eigenvalue weighted by Crippen LogP contribution is -2.60. The minimum atomic E-state index is 0.284. The Kier molecular flexibility index (Phi) is 6.21. The van der Waals surface area contributed by atoms with Gasteiger partial charge in [0.1, 0.15) is 6.23 Å². The highest BCUT2D eigenvalue weighted by Crippen LogP contribution is 2.44. The molecule has 1 aliphatic carbocycles. The number of nitrogens with zero attached hydrogens (tertiary/aromatic N) is 1. The van der Waals surface area contributed by atoms with E-state index in [4.69, 9.17) is 9.47 Å². The summed E-state index contributed by atoms with van der Waals surface area (Å²) in [5.41, 5.74) is 7.30. The van der Waals surface area contributed by atoms with Crippen molar-refractivity contribution in [3.63, 3.8) is 0 Å². The molecule has 0 radical (unpaired) electrons. The molecule has 5 fully saturated rings. The molecule has 8 unspecified atom stereocenters. The largest absolute Gasteiger partial charge is 0.379 e. The molecule has 7 heteroatoms. The first-order valence-electron chi connectivity index (χ1n) is 11.7. The summed E-state index contributed by atoms with van der Waals surface area (Å²) in [6.45, 7) is 9.01. The average molecular weight is 394 g/mol. The van der Waals surface area contributed by atoms with E-state index in [9.17, 15) is 0 Å². The fraction of sp³-hybridized carbons (Fsp3) is 1.00. The maximum Gasteiger partial charge on any atom is 0.108 e. The van der Waals surface area contributed by atoms with Gasteiger partial charge in [0.15, 0.2) is 0 Å². The number of nitrogens with one attached hydrogen (secondary N) is 4. The van der Waals surface area contributed by atoms with Crippen molar-refractivity contribution in [3.05, 3.63) is 0 Å². The van der Waals surface area contributed by atoms with Gasteiger partial charge >= 0.3 is 0 Å². The summed E-state index contributed by atoms with van der Waals surface area (Å²) < 4.78 is 11.4. The van der Waals surface area contributed by atoms with Gasteiger partial charge < -0.3 is 14.8 Å². The van der Waals surface area contributed by atoms with E-state index < -0.39 is 0 Å². The van der Waals surface area contributed by atoms with Crippen LogP contribution in [0.2, 0.25) is 0 Å². The van der Waals surface area contributed by atoms with Crippen molar-refractivity contribution < 1.29 is 9.47 Å².